The van der Waals surface area contributed by atoms with Crippen molar-refractivity contribution in [3.05, 3.63) is 29.3 Å². The molecule has 0 radical (unpaired) electrons. The van der Waals surface area contributed by atoms with Gasteiger partial charge in [0.15, 0.2) is 0 Å². The molecule has 0 spiro atoms. The average Bonchev–Trinajstić information content (AvgIpc) is 2.69. The van der Waals surface area contributed by atoms with Gasteiger partial charge in [-0.05, 0) is 33.0 Å². The molecule has 1 aromatic rings. The van der Waals surface area contributed by atoms with Gasteiger partial charge in [0.25, 0.3) is 0 Å². The number of rotatable bonds is 5. The van der Waals surface area contributed by atoms with Gasteiger partial charge < -0.3 is 14.8 Å². The number of hydrogen-bond acceptors (Lipinski definition) is 3. The second-order valence-corrected chi connectivity index (χ2v) is 4.52. The molecule has 0 saturated carbocycles. The van der Waals surface area contributed by atoms with Crippen LogP contribution in [-0.4, -0.2) is 26.3 Å². The highest BCUT2D eigenvalue weighted by Gasteiger charge is 2.21. The minimum atomic E-state index is 0.269. The quantitative estimate of drug-likeness (QED) is 0.867. The standard InChI is InChI=1S/C15H21NO2/c1-4-17-14-10-13-8-11(2)18-15(13)9-12(14)6-5-7-16-3/h5-6,9-11,16H,4,7-8H2,1-3H3. The Hall–Kier alpha value is -1.48. The lowest BCUT2D eigenvalue weighted by Crippen LogP contribution is -2.05. The van der Waals surface area contributed by atoms with Crippen LogP contribution in [0, 0.1) is 0 Å². The van der Waals surface area contributed by atoms with Gasteiger partial charge in [-0.25, -0.2) is 0 Å². The SMILES string of the molecule is CCOc1cc2c(cc1C=CCNC)OC(C)C2. The van der Waals surface area contributed by atoms with Crippen LogP contribution in [0.3, 0.4) is 0 Å². The second-order valence-electron chi connectivity index (χ2n) is 4.52. The molecule has 1 aliphatic rings. The summed E-state index contributed by atoms with van der Waals surface area (Å²) in [6.07, 6.45) is 5.40. The third-order valence-electron chi connectivity index (χ3n) is 2.95. The first-order valence-electron chi connectivity index (χ1n) is 6.52. The van der Waals surface area contributed by atoms with Crippen molar-refractivity contribution in [3.8, 4) is 11.5 Å². The van der Waals surface area contributed by atoms with E-state index in [0.29, 0.717) is 6.61 Å². The minimum absolute atomic E-state index is 0.269. The van der Waals surface area contributed by atoms with Gasteiger partial charge in [0.05, 0.1) is 6.61 Å². The molecule has 0 saturated heterocycles. The maximum absolute atomic E-state index is 5.78. The molecule has 0 fully saturated rings. The van der Waals surface area contributed by atoms with E-state index in [0.717, 1.165) is 30.0 Å². The van der Waals surface area contributed by atoms with E-state index in [1.807, 2.05) is 14.0 Å². The van der Waals surface area contributed by atoms with E-state index in [1.165, 1.54) is 5.56 Å². The molecule has 1 N–H and O–H groups in total. The fourth-order valence-corrected chi connectivity index (χ4v) is 2.17. The third-order valence-corrected chi connectivity index (χ3v) is 2.95. The first-order valence-corrected chi connectivity index (χ1v) is 6.52. The summed E-state index contributed by atoms with van der Waals surface area (Å²) >= 11 is 0. The van der Waals surface area contributed by atoms with Crippen LogP contribution in [0.4, 0.5) is 0 Å². The fraction of sp³-hybridized carbons (Fsp3) is 0.467. The smallest absolute Gasteiger partial charge is 0.127 e. The van der Waals surface area contributed by atoms with Gasteiger partial charge in [-0.2, -0.15) is 0 Å². The van der Waals surface area contributed by atoms with Crippen molar-refractivity contribution in [2.45, 2.75) is 26.4 Å². The molecule has 18 heavy (non-hydrogen) atoms. The largest absolute Gasteiger partial charge is 0.493 e. The Morgan fingerprint density at radius 2 is 2.33 bits per heavy atom. The predicted octanol–water partition coefficient (Wildman–Crippen LogP) is 2.64. The second kappa shape index (κ2) is 5.91. The maximum atomic E-state index is 5.78. The summed E-state index contributed by atoms with van der Waals surface area (Å²) in [5.41, 5.74) is 2.33. The normalized spacial score (nSPS) is 17.8. The predicted molar refractivity (Wildman–Crippen MR) is 74.4 cm³/mol. The molecule has 98 valence electrons. The Labute approximate surface area is 109 Å². The average molecular weight is 247 g/mol. The molecular weight excluding hydrogens is 226 g/mol. The van der Waals surface area contributed by atoms with Crippen molar-refractivity contribution in [2.75, 3.05) is 20.2 Å². The zero-order chi connectivity index (χ0) is 13.0. The van der Waals surface area contributed by atoms with Gasteiger partial charge in [0.1, 0.15) is 17.6 Å². The number of benzene rings is 1. The first-order chi connectivity index (χ1) is 8.74. The van der Waals surface area contributed by atoms with Gasteiger partial charge in [0.2, 0.25) is 0 Å². The maximum Gasteiger partial charge on any atom is 0.127 e. The summed E-state index contributed by atoms with van der Waals surface area (Å²) in [6, 6.07) is 4.19. The highest BCUT2D eigenvalue weighted by molar-refractivity contribution is 5.62. The molecule has 1 aromatic carbocycles. The fourth-order valence-electron chi connectivity index (χ4n) is 2.17. The Kier molecular flexibility index (Phi) is 4.26. The van der Waals surface area contributed by atoms with E-state index in [9.17, 15) is 0 Å². The van der Waals surface area contributed by atoms with Gasteiger partial charge in [-0.15, -0.1) is 0 Å². The van der Waals surface area contributed by atoms with Crippen molar-refractivity contribution in [3.63, 3.8) is 0 Å². The van der Waals surface area contributed by atoms with Crippen molar-refractivity contribution in [2.24, 2.45) is 0 Å². The molecule has 0 amide bonds. The van der Waals surface area contributed by atoms with Crippen molar-refractivity contribution < 1.29 is 9.47 Å². The molecule has 0 bridgehead atoms. The number of likely N-dealkylation sites (N-methyl/N-ethyl adjacent to an activating group) is 1. The topological polar surface area (TPSA) is 30.5 Å². The van der Waals surface area contributed by atoms with Gasteiger partial charge in [-0.3, -0.25) is 0 Å². The molecule has 1 atom stereocenters. The number of hydrogen-bond donors (Lipinski definition) is 1. The van der Waals surface area contributed by atoms with Crippen LogP contribution in [0.2, 0.25) is 0 Å². The monoisotopic (exact) mass is 247 g/mol. The zero-order valence-electron chi connectivity index (χ0n) is 11.3. The van der Waals surface area contributed by atoms with Crippen LogP contribution in [-0.2, 0) is 6.42 Å². The van der Waals surface area contributed by atoms with Gasteiger partial charge in [0, 0.05) is 24.1 Å². The van der Waals surface area contributed by atoms with E-state index in [-0.39, 0.29) is 6.10 Å². The lowest BCUT2D eigenvalue weighted by molar-refractivity contribution is 0.254. The van der Waals surface area contributed by atoms with Crippen LogP contribution >= 0.6 is 0 Å². The molecule has 1 aliphatic heterocycles. The van der Waals surface area contributed by atoms with E-state index in [4.69, 9.17) is 9.47 Å². The summed E-state index contributed by atoms with van der Waals surface area (Å²) in [7, 11) is 1.93. The molecule has 0 aliphatic carbocycles. The molecular formula is C15H21NO2. The molecule has 2 rings (SSSR count). The Bertz CT molecular complexity index is 440. The highest BCUT2D eigenvalue weighted by Crippen LogP contribution is 2.35. The number of nitrogens with one attached hydrogen (secondary N) is 1. The molecule has 0 aromatic heterocycles. The summed E-state index contributed by atoms with van der Waals surface area (Å²) in [6.45, 7) is 5.63. The van der Waals surface area contributed by atoms with Crippen LogP contribution in [0.5, 0.6) is 11.5 Å². The summed E-state index contributed by atoms with van der Waals surface area (Å²) in [4.78, 5) is 0. The Morgan fingerprint density at radius 1 is 1.50 bits per heavy atom. The van der Waals surface area contributed by atoms with E-state index in [1.54, 1.807) is 0 Å². The zero-order valence-corrected chi connectivity index (χ0v) is 11.3. The lowest BCUT2D eigenvalue weighted by atomic mass is 10.1. The summed E-state index contributed by atoms with van der Waals surface area (Å²) in [5, 5.41) is 3.09. The van der Waals surface area contributed by atoms with Crippen molar-refractivity contribution in [1.82, 2.24) is 5.32 Å². The van der Waals surface area contributed by atoms with E-state index >= 15 is 0 Å². The summed E-state index contributed by atoms with van der Waals surface area (Å²) in [5.74, 6) is 1.94. The lowest BCUT2D eigenvalue weighted by Gasteiger charge is -2.10. The van der Waals surface area contributed by atoms with Gasteiger partial charge in [-0.1, -0.05) is 12.2 Å². The molecule has 3 nitrogen and oxygen atoms in total. The number of ether oxygens (including phenoxy) is 2. The van der Waals surface area contributed by atoms with Crippen LogP contribution in [0.15, 0.2) is 18.2 Å². The minimum Gasteiger partial charge on any atom is -0.493 e. The molecule has 3 heteroatoms. The molecule has 1 heterocycles. The third kappa shape index (κ3) is 2.85. The number of fused-ring (bicyclic) bond motifs is 1. The van der Waals surface area contributed by atoms with Crippen LogP contribution < -0.4 is 14.8 Å². The van der Waals surface area contributed by atoms with E-state index < -0.39 is 0 Å². The Balaban J connectivity index is 2.29. The Morgan fingerprint density at radius 3 is 3.06 bits per heavy atom. The van der Waals surface area contributed by atoms with Crippen LogP contribution in [0.1, 0.15) is 25.0 Å². The highest BCUT2D eigenvalue weighted by atomic mass is 16.5. The van der Waals surface area contributed by atoms with Crippen LogP contribution in [0.25, 0.3) is 6.08 Å². The first kappa shape index (κ1) is 13.0. The molecule has 1 unspecified atom stereocenters. The van der Waals surface area contributed by atoms with Gasteiger partial charge >= 0.3 is 0 Å². The summed E-state index contributed by atoms with van der Waals surface area (Å²) < 4.78 is 11.5. The van der Waals surface area contributed by atoms with E-state index in [2.05, 4.69) is 36.5 Å². The van der Waals surface area contributed by atoms with Crippen molar-refractivity contribution in [1.29, 1.82) is 0 Å². The van der Waals surface area contributed by atoms with Crippen molar-refractivity contribution >= 4 is 6.08 Å².